The monoisotopic (exact) mass is 503 g/mol. The molecule has 0 heterocycles. The maximum absolute atomic E-state index is 13.2. The fourth-order valence-electron chi connectivity index (χ4n) is 4.92. The number of nitriles is 2. The number of amides is 1. The maximum Gasteiger partial charge on any atom is 0.250 e. The van der Waals surface area contributed by atoms with Crippen molar-refractivity contribution < 1.29 is 9.53 Å². The molecule has 2 atom stereocenters. The first-order chi connectivity index (χ1) is 18.4. The molecule has 3 aromatic carbocycles. The lowest BCUT2D eigenvalue weighted by Crippen LogP contribution is -2.44. The Morgan fingerprint density at radius 2 is 1.42 bits per heavy atom. The standard InChI is InChI=1S/C33H33N3O2/c1-23(2)20-29(31(37)36-33(22-35)18-19-33)38-30(26-6-4-3-5-7-26)27-10-8-24(9-11-27)25-12-14-28(15-13-25)32(21-34)16-17-32/h3-15,23,29-30H,16-20H2,1-2H3,(H,36,37)/t29-,30+/m0/s1. The van der Waals surface area contributed by atoms with Gasteiger partial charge in [0.15, 0.2) is 0 Å². The van der Waals surface area contributed by atoms with E-state index in [1.54, 1.807) is 0 Å². The van der Waals surface area contributed by atoms with E-state index in [2.05, 4.69) is 79.8 Å². The zero-order valence-electron chi connectivity index (χ0n) is 22.0. The Balaban J connectivity index is 1.39. The summed E-state index contributed by atoms with van der Waals surface area (Å²) in [4.78, 5) is 13.2. The van der Waals surface area contributed by atoms with Crippen LogP contribution in [0, 0.1) is 28.6 Å². The molecule has 1 N–H and O–H groups in total. The zero-order valence-corrected chi connectivity index (χ0v) is 22.0. The van der Waals surface area contributed by atoms with Gasteiger partial charge in [0.1, 0.15) is 17.7 Å². The molecule has 0 radical (unpaired) electrons. The van der Waals surface area contributed by atoms with Gasteiger partial charge < -0.3 is 10.1 Å². The van der Waals surface area contributed by atoms with Gasteiger partial charge in [0.05, 0.1) is 17.6 Å². The molecule has 1 amide bonds. The predicted molar refractivity (Wildman–Crippen MR) is 147 cm³/mol. The molecule has 0 aromatic heterocycles. The summed E-state index contributed by atoms with van der Waals surface area (Å²) in [5.41, 5.74) is 4.18. The van der Waals surface area contributed by atoms with E-state index in [-0.39, 0.29) is 17.2 Å². The smallest absolute Gasteiger partial charge is 0.250 e. The average molecular weight is 504 g/mol. The molecular weight excluding hydrogens is 470 g/mol. The molecule has 0 aliphatic heterocycles. The van der Waals surface area contributed by atoms with Crippen molar-refractivity contribution in [3.8, 4) is 23.3 Å². The third-order valence-corrected chi connectivity index (χ3v) is 7.66. The molecule has 38 heavy (non-hydrogen) atoms. The lowest BCUT2D eigenvalue weighted by atomic mass is 9.94. The number of carbonyl (C=O) groups is 1. The Morgan fingerprint density at radius 3 is 1.92 bits per heavy atom. The van der Waals surface area contributed by atoms with Crippen LogP contribution in [0.4, 0.5) is 0 Å². The molecule has 5 nitrogen and oxygen atoms in total. The highest BCUT2D eigenvalue weighted by molar-refractivity contribution is 5.82. The third-order valence-electron chi connectivity index (χ3n) is 7.66. The van der Waals surface area contributed by atoms with Crippen LogP contribution in [0.2, 0.25) is 0 Å². The van der Waals surface area contributed by atoms with Gasteiger partial charge in [-0.3, -0.25) is 4.79 Å². The van der Waals surface area contributed by atoms with Gasteiger partial charge >= 0.3 is 0 Å². The van der Waals surface area contributed by atoms with E-state index in [9.17, 15) is 15.3 Å². The minimum absolute atomic E-state index is 0.221. The number of hydrogen-bond acceptors (Lipinski definition) is 4. The molecule has 0 unspecified atom stereocenters. The Bertz CT molecular complexity index is 1360. The third kappa shape index (κ3) is 5.49. The molecule has 5 rings (SSSR count). The number of ether oxygens (including phenoxy) is 1. The van der Waals surface area contributed by atoms with Crippen LogP contribution in [0.5, 0.6) is 0 Å². The second-order valence-electron chi connectivity index (χ2n) is 11.1. The first-order valence-electron chi connectivity index (χ1n) is 13.4. The SMILES string of the molecule is CC(C)C[C@H](O[C@H](c1ccccc1)c1ccc(-c2ccc(C3(C#N)CC3)cc2)cc1)C(=O)NC1(C#N)CC1. The fraction of sp³-hybridized carbons (Fsp3) is 0.364. The van der Waals surface area contributed by atoms with Crippen LogP contribution >= 0.6 is 0 Å². The van der Waals surface area contributed by atoms with Crippen molar-refractivity contribution in [3.05, 3.63) is 95.6 Å². The molecule has 0 bridgehead atoms. The molecule has 2 saturated carbocycles. The van der Waals surface area contributed by atoms with Gasteiger partial charge in [0, 0.05) is 0 Å². The van der Waals surface area contributed by atoms with E-state index in [4.69, 9.17) is 4.74 Å². The zero-order chi connectivity index (χ0) is 26.8. The van der Waals surface area contributed by atoms with Crippen molar-refractivity contribution in [1.82, 2.24) is 5.32 Å². The summed E-state index contributed by atoms with van der Waals surface area (Å²) in [7, 11) is 0. The topological polar surface area (TPSA) is 85.9 Å². The first-order valence-corrected chi connectivity index (χ1v) is 13.4. The van der Waals surface area contributed by atoms with Crippen molar-refractivity contribution >= 4 is 5.91 Å². The van der Waals surface area contributed by atoms with Gasteiger partial charge in [0.25, 0.3) is 0 Å². The van der Waals surface area contributed by atoms with Crippen LogP contribution in [0.15, 0.2) is 78.9 Å². The Kier molecular flexibility index (Phi) is 7.06. The normalized spacial score (nSPS) is 18.0. The quantitative estimate of drug-likeness (QED) is 0.338. The number of benzene rings is 3. The van der Waals surface area contributed by atoms with Crippen LogP contribution in [0.25, 0.3) is 11.1 Å². The molecule has 0 saturated heterocycles. The average Bonchev–Trinajstić information content (AvgIpc) is 3.88. The molecule has 5 heteroatoms. The molecule has 0 spiro atoms. The maximum atomic E-state index is 13.2. The lowest BCUT2D eigenvalue weighted by molar-refractivity contribution is -0.137. The van der Waals surface area contributed by atoms with Crippen molar-refractivity contribution in [2.24, 2.45) is 5.92 Å². The summed E-state index contributed by atoms with van der Waals surface area (Å²) in [6.45, 7) is 4.14. The summed E-state index contributed by atoms with van der Waals surface area (Å²) in [5.74, 6) is 0.0294. The number of carbonyl (C=O) groups excluding carboxylic acids is 1. The minimum Gasteiger partial charge on any atom is -0.356 e. The second-order valence-corrected chi connectivity index (χ2v) is 11.1. The number of nitrogens with one attached hydrogen (secondary N) is 1. The molecular formula is C33H33N3O2. The van der Waals surface area contributed by atoms with Crippen molar-refractivity contribution in [2.75, 3.05) is 0 Å². The van der Waals surface area contributed by atoms with Crippen LogP contribution < -0.4 is 5.32 Å². The van der Waals surface area contributed by atoms with E-state index in [0.717, 1.165) is 40.7 Å². The van der Waals surface area contributed by atoms with E-state index >= 15 is 0 Å². The Labute approximate surface area is 225 Å². The summed E-state index contributed by atoms with van der Waals surface area (Å²) in [5, 5.41) is 21.9. The van der Waals surface area contributed by atoms with Gasteiger partial charge in [-0.25, -0.2) is 0 Å². The van der Waals surface area contributed by atoms with Crippen LogP contribution in [-0.2, 0) is 14.9 Å². The van der Waals surface area contributed by atoms with E-state index in [1.165, 1.54) is 0 Å². The van der Waals surface area contributed by atoms with Gasteiger partial charge in [-0.15, -0.1) is 0 Å². The van der Waals surface area contributed by atoms with Gasteiger partial charge in [-0.05, 0) is 65.8 Å². The Hall–Kier alpha value is -3.93. The molecule has 192 valence electrons. The lowest BCUT2D eigenvalue weighted by Gasteiger charge is -2.27. The molecule has 2 aliphatic carbocycles. The van der Waals surface area contributed by atoms with Crippen LogP contribution in [-0.4, -0.2) is 17.6 Å². The number of rotatable bonds is 10. The van der Waals surface area contributed by atoms with Crippen LogP contribution in [0.3, 0.4) is 0 Å². The minimum atomic E-state index is -0.735. The van der Waals surface area contributed by atoms with Gasteiger partial charge in [-0.2, -0.15) is 10.5 Å². The largest absolute Gasteiger partial charge is 0.356 e. The van der Waals surface area contributed by atoms with E-state index in [1.807, 2.05) is 30.3 Å². The fourth-order valence-corrected chi connectivity index (χ4v) is 4.92. The predicted octanol–water partition coefficient (Wildman–Crippen LogP) is 6.60. The summed E-state index contributed by atoms with van der Waals surface area (Å²) >= 11 is 0. The van der Waals surface area contributed by atoms with Gasteiger partial charge in [-0.1, -0.05) is 92.7 Å². The first kappa shape index (κ1) is 25.7. The highest BCUT2D eigenvalue weighted by Gasteiger charge is 2.46. The van der Waals surface area contributed by atoms with E-state index < -0.39 is 17.7 Å². The van der Waals surface area contributed by atoms with E-state index in [0.29, 0.717) is 19.3 Å². The van der Waals surface area contributed by atoms with Crippen LogP contribution in [0.1, 0.15) is 68.7 Å². The second kappa shape index (κ2) is 10.4. The number of hydrogen-bond donors (Lipinski definition) is 1. The summed E-state index contributed by atoms with van der Waals surface area (Å²) in [6, 6.07) is 31.2. The molecule has 2 fully saturated rings. The van der Waals surface area contributed by atoms with Gasteiger partial charge in [0.2, 0.25) is 5.91 Å². The highest BCUT2D eigenvalue weighted by Crippen LogP contribution is 2.47. The van der Waals surface area contributed by atoms with Crippen molar-refractivity contribution in [1.29, 1.82) is 10.5 Å². The summed E-state index contributed by atoms with van der Waals surface area (Å²) < 4.78 is 6.58. The highest BCUT2D eigenvalue weighted by atomic mass is 16.5. The van der Waals surface area contributed by atoms with Crippen molar-refractivity contribution in [2.45, 2.75) is 69.1 Å². The summed E-state index contributed by atoms with van der Waals surface area (Å²) in [6.07, 6.45) is 2.71. The Morgan fingerprint density at radius 1 is 0.842 bits per heavy atom. The van der Waals surface area contributed by atoms with Crippen molar-refractivity contribution in [3.63, 3.8) is 0 Å². The number of nitrogens with zero attached hydrogens (tertiary/aromatic N) is 2. The molecule has 2 aliphatic rings. The molecule has 3 aromatic rings.